The van der Waals surface area contributed by atoms with Gasteiger partial charge < -0.3 is 15.5 Å². The van der Waals surface area contributed by atoms with Crippen LogP contribution < -0.4 is 10.6 Å². The van der Waals surface area contributed by atoms with Gasteiger partial charge in [-0.05, 0) is 71.0 Å². The van der Waals surface area contributed by atoms with Crippen LogP contribution in [0.3, 0.4) is 0 Å². The number of guanidine groups is 1. The smallest absolute Gasteiger partial charge is 0.190 e. The minimum Gasteiger partial charge on any atom is -0.356 e. The van der Waals surface area contributed by atoms with Gasteiger partial charge in [0.25, 0.3) is 0 Å². The molecule has 0 aliphatic carbocycles. The Morgan fingerprint density at radius 1 is 1.19 bits per heavy atom. The van der Waals surface area contributed by atoms with Crippen molar-refractivity contribution in [2.45, 2.75) is 59.4 Å². The molecule has 2 heterocycles. The van der Waals surface area contributed by atoms with E-state index in [1.807, 2.05) is 14.0 Å². The molecule has 1 saturated heterocycles. The van der Waals surface area contributed by atoms with Crippen molar-refractivity contribution in [3.05, 3.63) is 17.5 Å². The molecule has 2 N–H and O–H groups in total. The molecule has 0 aromatic carbocycles. The lowest BCUT2D eigenvalue weighted by atomic mass is 10.0. The summed E-state index contributed by atoms with van der Waals surface area (Å²) in [7, 11) is 1.84. The second kappa shape index (κ2) is 11.2. The monoisotopic (exact) mass is 362 g/mol. The molecule has 0 saturated carbocycles. The average molecular weight is 363 g/mol. The number of nitrogens with zero attached hydrogens (tertiary/aromatic N) is 4. The van der Waals surface area contributed by atoms with Crippen molar-refractivity contribution >= 4 is 5.96 Å². The summed E-state index contributed by atoms with van der Waals surface area (Å²) in [6.07, 6.45) is 6.26. The van der Waals surface area contributed by atoms with Gasteiger partial charge in [0.2, 0.25) is 0 Å². The minimum atomic E-state index is 0.874. The first-order valence-electron chi connectivity index (χ1n) is 10.3. The molecule has 0 amide bonds. The third kappa shape index (κ3) is 7.36. The molecule has 1 fully saturated rings. The molecule has 6 nitrogen and oxygen atoms in total. The number of aryl methyl sites for hydroxylation is 3. The van der Waals surface area contributed by atoms with E-state index in [-0.39, 0.29) is 0 Å². The van der Waals surface area contributed by atoms with Crippen molar-refractivity contribution in [3.63, 3.8) is 0 Å². The Morgan fingerprint density at radius 2 is 1.96 bits per heavy atom. The van der Waals surface area contributed by atoms with E-state index >= 15 is 0 Å². The van der Waals surface area contributed by atoms with Crippen LogP contribution in [0, 0.1) is 19.8 Å². The Hall–Kier alpha value is -1.56. The third-order valence-electron chi connectivity index (χ3n) is 5.10. The first-order chi connectivity index (χ1) is 12.6. The van der Waals surface area contributed by atoms with Gasteiger partial charge in [0, 0.05) is 38.9 Å². The first-order valence-corrected chi connectivity index (χ1v) is 10.3. The number of rotatable bonds is 9. The molecule has 6 heteroatoms. The van der Waals surface area contributed by atoms with Crippen LogP contribution in [-0.2, 0) is 6.54 Å². The summed E-state index contributed by atoms with van der Waals surface area (Å²) in [5.41, 5.74) is 2.32. The van der Waals surface area contributed by atoms with E-state index in [0.29, 0.717) is 0 Å². The van der Waals surface area contributed by atoms with Gasteiger partial charge >= 0.3 is 0 Å². The number of aromatic nitrogens is 2. The van der Waals surface area contributed by atoms with Crippen LogP contribution in [-0.4, -0.2) is 60.4 Å². The number of hydrogen-bond donors (Lipinski definition) is 2. The van der Waals surface area contributed by atoms with Gasteiger partial charge in [-0.1, -0.05) is 6.92 Å². The quantitative estimate of drug-likeness (QED) is 0.403. The molecule has 148 valence electrons. The Morgan fingerprint density at radius 3 is 2.62 bits per heavy atom. The van der Waals surface area contributed by atoms with Gasteiger partial charge in [0.05, 0.1) is 5.69 Å². The molecular weight excluding hydrogens is 324 g/mol. The first kappa shape index (κ1) is 20.7. The number of likely N-dealkylation sites (tertiary alicyclic amines) is 1. The van der Waals surface area contributed by atoms with Crippen molar-refractivity contribution < 1.29 is 0 Å². The fourth-order valence-corrected chi connectivity index (χ4v) is 3.71. The van der Waals surface area contributed by atoms with E-state index in [9.17, 15) is 0 Å². The lowest BCUT2D eigenvalue weighted by Gasteiger charge is -2.30. The van der Waals surface area contributed by atoms with Gasteiger partial charge in [-0.3, -0.25) is 9.67 Å². The Balaban J connectivity index is 1.51. The topological polar surface area (TPSA) is 57.5 Å². The standard InChI is InChI=1S/C20H38N6/c1-17-9-7-13-25(16-17)12-6-5-10-22-20(21-4)23-11-8-14-26-19(3)15-18(2)24-26/h15,17H,5-14,16H2,1-4H3,(H2,21,22,23). The number of hydrogen-bond acceptors (Lipinski definition) is 3. The van der Waals surface area contributed by atoms with Crippen LogP contribution >= 0.6 is 0 Å². The van der Waals surface area contributed by atoms with Gasteiger partial charge in [0.1, 0.15) is 0 Å². The molecule has 0 radical (unpaired) electrons. The van der Waals surface area contributed by atoms with Gasteiger partial charge in [-0.2, -0.15) is 5.10 Å². The summed E-state index contributed by atoms with van der Waals surface area (Å²) in [6.45, 7) is 13.2. The summed E-state index contributed by atoms with van der Waals surface area (Å²) in [4.78, 5) is 6.94. The maximum Gasteiger partial charge on any atom is 0.190 e. The molecule has 0 spiro atoms. The molecule has 1 aromatic heterocycles. The van der Waals surface area contributed by atoms with Gasteiger partial charge in [0.15, 0.2) is 5.96 Å². The van der Waals surface area contributed by atoms with Crippen LogP contribution in [0.2, 0.25) is 0 Å². The lowest BCUT2D eigenvalue weighted by Crippen LogP contribution is -2.39. The van der Waals surface area contributed by atoms with Gasteiger partial charge in [-0.15, -0.1) is 0 Å². The highest BCUT2D eigenvalue weighted by Gasteiger charge is 2.15. The van der Waals surface area contributed by atoms with Crippen LogP contribution in [0.25, 0.3) is 0 Å². The Labute approximate surface area is 159 Å². The highest BCUT2D eigenvalue weighted by molar-refractivity contribution is 5.79. The number of piperidine rings is 1. The summed E-state index contributed by atoms with van der Waals surface area (Å²) in [6, 6.07) is 2.12. The Bertz CT molecular complexity index is 550. The maximum absolute atomic E-state index is 4.50. The molecule has 1 aliphatic rings. The normalized spacial score (nSPS) is 18.9. The molecule has 1 aromatic rings. The van der Waals surface area contributed by atoms with Crippen LogP contribution in [0.15, 0.2) is 11.1 Å². The summed E-state index contributed by atoms with van der Waals surface area (Å²) < 4.78 is 2.08. The lowest BCUT2D eigenvalue weighted by molar-refractivity contribution is 0.181. The number of nitrogens with one attached hydrogen (secondary N) is 2. The van der Waals surface area contributed by atoms with E-state index in [1.165, 1.54) is 51.0 Å². The summed E-state index contributed by atoms with van der Waals surface area (Å²) in [5.74, 6) is 1.78. The van der Waals surface area contributed by atoms with E-state index in [2.05, 4.69) is 50.2 Å². The summed E-state index contributed by atoms with van der Waals surface area (Å²) >= 11 is 0. The largest absolute Gasteiger partial charge is 0.356 e. The zero-order chi connectivity index (χ0) is 18.8. The highest BCUT2D eigenvalue weighted by Crippen LogP contribution is 2.15. The van der Waals surface area contributed by atoms with Crippen molar-refractivity contribution in [2.75, 3.05) is 39.8 Å². The molecule has 0 bridgehead atoms. The fourth-order valence-electron chi connectivity index (χ4n) is 3.71. The molecule has 26 heavy (non-hydrogen) atoms. The van der Waals surface area contributed by atoms with E-state index < -0.39 is 0 Å². The molecule has 2 rings (SSSR count). The molecule has 1 aliphatic heterocycles. The second-order valence-corrected chi connectivity index (χ2v) is 7.68. The van der Waals surface area contributed by atoms with Crippen molar-refractivity contribution in [3.8, 4) is 0 Å². The third-order valence-corrected chi connectivity index (χ3v) is 5.10. The highest BCUT2D eigenvalue weighted by atomic mass is 15.3. The van der Waals surface area contributed by atoms with E-state index in [4.69, 9.17) is 0 Å². The van der Waals surface area contributed by atoms with Gasteiger partial charge in [-0.25, -0.2) is 0 Å². The van der Waals surface area contributed by atoms with Crippen LogP contribution in [0.1, 0.15) is 50.4 Å². The Kier molecular flexibility index (Phi) is 8.95. The van der Waals surface area contributed by atoms with Crippen molar-refractivity contribution in [2.24, 2.45) is 10.9 Å². The van der Waals surface area contributed by atoms with E-state index in [1.54, 1.807) is 0 Å². The fraction of sp³-hybridized carbons (Fsp3) is 0.800. The number of unbranched alkanes of at least 4 members (excludes halogenated alkanes) is 1. The average Bonchev–Trinajstić information content (AvgIpc) is 2.94. The predicted molar refractivity (Wildman–Crippen MR) is 110 cm³/mol. The minimum absolute atomic E-state index is 0.874. The van der Waals surface area contributed by atoms with E-state index in [0.717, 1.165) is 43.6 Å². The molecule has 1 unspecified atom stereocenters. The van der Waals surface area contributed by atoms with Crippen molar-refractivity contribution in [1.82, 2.24) is 25.3 Å². The summed E-state index contributed by atoms with van der Waals surface area (Å²) in [5, 5.41) is 11.3. The number of aliphatic imine (C=N–C) groups is 1. The zero-order valence-electron chi connectivity index (χ0n) is 17.2. The second-order valence-electron chi connectivity index (χ2n) is 7.68. The molecule has 1 atom stereocenters. The molecular formula is C20H38N6. The van der Waals surface area contributed by atoms with Crippen LogP contribution in [0.5, 0.6) is 0 Å². The zero-order valence-corrected chi connectivity index (χ0v) is 17.2. The van der Waals surface area contributed by atoms with Crippen LogP contribution in [0.4, 0.5) is 0 Å². The maximum atomic E-state index is 4.50. The predicted octanol–water partition coefficient (Wildman–Crippen LogP) is 2.57. The van der Waals surface area contributed by atoms with Crippen molar-refractivity contribution in [1.29, 1.82) is 0 Å². The SMILES string of the molecule is CN=C(NCCCCN1CCCC(C)C1)NCCCn1nc(C)cc1C.